The Hall–Kier alpha value is -1.17. The molecule has 1 unspecified atom stereocenters. The zero-order valence-electron chi connectivity index (χ0n) is 13.4. The van der Waals surface area contributed by atoms with Crippen LogP contribution in [-0.4, -0.2) is 41.1 Å². The van der Waals surface area contributed by atoms with Crippen molar-refractivity contribution >= 4 is 23.2 Å². The molecule has 2 N–H and O–H groups in total. The Balaban J connectivity index is 1.98. The summed E-state index contributed by atoms with van der Waals surface area (Å²) in [6.07, 6.45) is 5.17. The molecule has 1 fully saturated rings. The molecule has 0 saturated heterocycles. The van der Waals surface area contributed by atoms with Crippen molar-refractivity contribution in [1.82, 2.24) is 4.90 Å². The highest BCUT2D eigenvalue weighted by Crippen LogP contribution is 2.24. The van der Waals surface area contributed by atoms with Gasteiger partial charge >= 0.3 is 0 Å². The van der Waals surface area contributed by atoms with Crippen molar-refractivity contribution < 1.29 is 14.3 Å². The van der Waals surface area contributed by atoms with Gasteiger partial charge in [-0.25, -0.2) is 4.39 Å². The fourth-order valence-corrected chi connectivity index (χ4v) is 3.31. The standard InChI is InChI=1S/C17H24ClFN2O2/c1-12(22)10-21(14-5-3-2-4-6-14)11-17(23)20-16-8-7-13(19)9-15(16)18/h7-9,12,14,22H,2-6,10-11H2,1H3,(H,20,23). The van der Waals surface area contributed by atoms with E-state index in [-0.39, 0.29) is 17.5 Å². The van der Waals surface area contributed by atoms with Gasteiger partial charge < -0.3 is 10.4 Å². The summed E-state index contributed by atoms with van der Waals surface area (Å²) in [6, 6.07) is 4.21. The molecule has 1 aliphatic rings. The van der Waals surface area contributed by atoms with Gasteiger partial charge in [0, 0.05) is 12.6 Å². The molecule has 0 spiro atoms. The number of aliphatic hydroxyl groups is 1. The Morgan fingerprint density at radius 1 is 1.43 bits per heavy atom. The topological polar surface area (TPSA) is 52.6 Å². The minimum atomic E-state index is -0.487. The van der Waals surface area contributed by atoms with Crippen LogP contribution in [0.25, 0.3) is 0 Å². The summed E-state index contributed by atoms with van der Waals surface area (Å²) in [4.78, 5) is 14.3. The van der Waals surface area contributed by atoms with Crippen molar-refractivity contribution in [2.75, 3.05) is 18.4 Å². The lowest BCUT2D eigenvalue weighted by Gasteiger charge is -2.34. The van der Waals surface area contributed by atoms with E-state index < -0.39 is 11.9 Å². The van der Waals surface area contributed by atoms with Crippen LogP contribution in [0.1, 0.15) is 39.0 Å². The molecular weight excluding hydrogens is 319 g/mol. The number of amides is 1. The predicted molar refractivity (Wildman–Crippen MR) is 90.2 cm³/mol. The van der Waals surface area contributed by atoms with Crippen LogP contribution in [0.3, 0.4) is 0 Å². The van der Waals surface area contributed by atoms with Crippen molar-refractivity contribution in [2.24, 2.45) is 0 Å². The summed E-state index contributed by atoms with van der Waals surface area (Å²) in [6.45, 7) is 2.39. The third kappa shape index (κ3) is 5.75. The van der Waals surface area contributed by atoms with Gasteiger partial charge in [0.2, 0.25) is 5.91 Å². The van der Waals surface area contributed by atoms with Gasteiger partial charge in [0.15, 0.2) is 0 Å². The molecule has 0 aromatic heterocycles. The molecule has 1 aromatic rings. The number of hydrogen-bond donors (Lipinski definition) is 2. The molecule has 0 bridgehead atoms. The molecule has 23 heavy (non-hydrogen) atoms. The second-order valence-electron chi connectivity index (χ2n) is 6.24. The van der Waals surface area contributed by atoms with Crippen molar-refractivity contribution in [2.45, 2.75) is 51.2 Å². The van der Waals surface area contributed by atoms with Crippen molar-refractivity contribution in [3.8, 4) is 0 Å². The Morgan fingerprint density at radius 3 is 2.74 bits per heavy atom. The maximum atomic E-state index is 13.0. The molecule has 4 nitrogen and oxygen atoms in total. The van der Waals surface area contributed by atoms with Crippen LogP contribution in [0.15, 0.2) is 18.2 Å². The Labute approximate surface area is 141 Å². The molecule has 2 rings (SSSR count). The Bertz CT molecular complexity index is 533. The number of benzene rings is 1. The minimum Gasteiger partial charge on any atom is -0.392 e. The van der Waals surface area contributed by atoms with E-state index in [1.807, 2.05) is 4.90 Å². The third-order valence-corrected chi connectivity index (χ3v) is 4.45. The molecule has 0 aliphatic heterocycles. The normalized spacial score (nSPS) is 17.3. The molecule has 1 saturated carbocycles. The fourth-order valence-electron chi connectivity index (χ4n) is 3.09. The first-order valence-electron chi connectivity index (χ1n) is 8.12. The van der Waals surface area contributed by atoms with E-state index in [9.17, 15) is 14.3 Å². The van der Waals surface area contributed by atoms with E-state index in [0.29, 0.717) is 18.3 Å². The number of carbonyl (C=O) groups excluding carboxylic acids is 1. The number of aliphatic hydroxyl groups excluding tert-OH is 1. The van der Waals surface area contributed by atoms with Gasteiger partial charge in [0.25, 0.3) is 0 Å². The molecular formula is C17H24ClFN2O2. The molecule has 1 atom stereocenters. The number of nitrogens with zero attached hydrogens (tertiary/aromatic N) is 1. The van der Waals surface area contributed by atoms with Crippen molar-refractivity contribution in [1.29, 1.82) is 0 Å². The average Bonchev–Trinajstić information content (AvgIpc) is 2.50. The average molecular weight is 343 g/mol. The number of carbonyl (C=O) groups is 1. The second kappa shape index (κ2) is 8.62. The summed E-state index contributed by atoms with van der Waals surface area (Å²) in [7, 11) is 0. The van der Waals surface area contributed by atoms with E-state index in [2.05, 4.69) is 5.32 Å². The van der Waals surface area contributed by atoms with Crippen LogP contribution in [0.2, 0.25) is 5.02 Å². The minimum absolute atomic E-state index is 0.179. The molecule has 1 amide bonds. The number of anilines is 1. The first-order valence-corrected chi connectivity index (χ1v) is 8.50. The predicted octanol–water partition coefficient (Wildman–Crippen LogP) is 3.43. The lowest BCUT2D eigenvalue weighted by atomic mass is 9.94. The van der Waals surface area contributed by atoms with E-state index in [0.717, 1.165) is 25.7 Å². The van der Waals surface area contributed by atoms with Gasteiger partial charge in [-0.3, -0.25) is 9.69 Å². The summed E-state index contributed by atoms with van der Waals surface area (Å²) in [5.41, 5.74) is 0.402. The number of halogens is 2. The highest BCUT2D eigenvalue weighted by Gasteiger charge is 2.24. The summed E-state index contributed by atoms with van der Waals surface area (Å²) in [5.74, 6) is -0.643. The SMILES string of the molecule is CC(O)CN(CC(=O)Nc1ccc(F)cc1Cl)C1CCCCC1. The van der Waals surface area contributed by atoms with Crippen LogP contribution >= 0.6 is 11.6 Å². The first kappa shape index (κ1) is 18.2. The molecule has 6 heteroatoms. The van der Waals surface area contributed by atoms with Crippen molar-refractivity contribution in [3.05, 3.63) is 29.0 Å². The molecule has 0 heterocycles. The van der Waals surface area contributed by atoms with Crippen LogP contribution in [-0.2, 0) is 4.79 Å². The van der Waals surface area contributed by atoms with Gasteiger partial charge in [0.1, 0.15) is 5.82 Å². The summed E-state index contributed by atoms with van der Waals surface area (Å²) < 4.78 is 13.0. The number of hydrogen-bond acceptors (Lipinski definition) is 3. The van der Waals surface area contributed by atoms with Crippen LogP contribution in [0.5, 0.6) is 0 Å². The van der Waals surface area contributed by atoms with E-state index >= 15 is 0 Å². The van der Waals surface area contributed by atoms with E-state index in [4.69, 9.17) is 11.6 Å². The van der Waals surface area contributed by atoms with Gasteiger partial charge in [-0.1, -0.05) is 30.9 Å². The monoisotopic (exact) mass is 342 g/mol. The van der Waals surface area contributed by atoms with Crippen LogP contribution < -0.4 is 5.32 Å². The van der Waals surface area contributed by atoms with E-state index in [1.54, 1.807) is 6.92 Å². The molecule has 1 aliphatic carbocycles. The zero-order valence-corrected chi connectivity index (χ0v) is 14.2. The number of rotatable bonds is 6. The van der Waals surface area contributed by atoms with Crippen LogP contribution in [0, 0.1) is 5.82 Å². The van der Waals surface area contributed by atoms with Crippen LogP contribution in [0.4, 0.5) is 10.1 Å². The van der Waals surface area contributed by atoms with Gasteiger partial charge in [-0.05, 0) is 38.0 Å². The maximum Gasteiger partial charge on any atom is 0.238 e. The second-order valence-corrected chi connectivity index (χ2v) is 6.65. The lowest BCUT2D eigenvalue weighted by Crippen LogP contribution is -2.45. The smallest absolute Gasteiger partial charge is 0.238 e. The Morgan fingerprint density at radius 2 is 2.13 bits per heavy atom. The van der Waals surface area contributed by atoms with Gasteiger partial charge in [0.05, 0.1) is 23.4 Å². The molecule has 128 valence electrons. The maximum absolute atomic E-state index is 13.0. The molecule has 1 aromatic carbocycles. The largest absolute Gasteiger partial charge is 0.392 e. The highest BCUT2D eigenvalue weighted by atomic mass is 35.5. The summed E-state index contributed by atoms with van der Waals surface area (Å²) in [5, 5.41) is 12.6. The quantitative estimate of drug-likeness (QED) is 0.832. The summed E-state index contributed by atoms with van der Waals surface area (Å²) >= 11 is 5.93. The fraction of sp³-hybridized carbons (Fsp3) is 0.588. The highest BCUT2D eigenvalue weighted by molar-refractivity contribution is 6.33. The first-order chi connectivity index (χ1) is 11.0. The Kier molecular flexibility index (Phi) is 6.81. The lowest BCUT2D eigenvalue weighted by molar-refractivity contribution is -0.118. The van der Waals surface area contributed by atoms with E-state index in [1.165, 1.54) is 24.6 Å². The molecule has 0 radical (unpaired) electrons. The van der Waals surface area contributed by atoms with Gasteiger partial charge in [-0.2, -0.15) is 0 Å². The van der Waals surface area contributed by atoms with Gasteiger partial charge in [-0.15, -0.1) is 0 Å². The zero-order chi connectivity index (χ0) is 16.8. The van der Waals surface area contributed by atoms with Crippen molar-refractivity contribution in [3.63, 3.8) is 0 Å². The third-order valence-electron chi connectivity index (χ3n) is 4.14. The number of nitrogens with one attached hydrogen (secondary N) is 1.